The van der Waals surface area contributed by atoms with Gasteiger partial charge in [0, 0.05) is 11.6 Å². The molecule has 3 N–H and O–H groups in total. The first-order chi connectivity index (χ1) is 9.54. The summed E-state index contributed by atoms with van der Waals surface area (Å²) in [6.45, 7) is 2.22. The minimum atomic E-state index is -1.02. The Hall–Kier alpha value is -1.75. The van der Waals surface area contributed by atoms with Crippen LogP contribution >= 0.6 is 11.6 Å². The van der Waals surface area contributed by atoms with E-state index in [1.807, 2.05) is 13.0 Å². The Morgan fingerprint density at radius 3 is 2.65 bits per heavy atom. The lowest BCUT2D eigenvalue weighted by Crippen LogP contribution is -2.45. The van der Waals surface area contributed by atoms with Crippen molar-refractivity contribution in [1.82, 2.24) is 10.6 Å². The summed E-state index contributed by atoms with van der Waals surface area (Å²) < 4.78 is 0. The summed E-state index contributed by atoms with van der Waals surface area (Å²) in [6.07, 6.45) is 2.06. The summed E-state index contributed by atoms with van der Waals surface area (Å²) in [4.78, 5) is 22.7. The molecule has 2 amide bonds. The Morgan fingerprint density at radius 1 is 1.35 bits per heavy atom. The van der Waals surface area contributed by atoms with Crippen molar-refractivity contribution in [1.29, 1.82) is 0 Å². The van der Waals surface area contributed by atoms with Crippen LogP contribution in [0.1, 0.15) is 31.7 Å². The molecule has 1 aromatic rings. The summed E-state index contributed by atoms with van der Waals surface area (Å²) >= 11 is 5.97. The van der Waals surface area contributed by atoms with Crippen LogP contribution in [-0.2, 0) is 11.3 Å². The zero-order valence-corrected chi connectivity index (χ0v) is 12.1. The van der Waals surface area contributed by atoms with Crippen LogP contribution in [0.2, 0.25) is 5.02 Å². The first kappa shape index (κ1) is 16.3. The molecule has 0 fully saturated rings. The van der Waals surface area contributed by atoms with Gasteiger partial charge in [0.25, 0.3) is 0 Å². The molecule has 0 aliphatic heterocycles. The average molecular weight is 299 g/mol. The number of halogens is 1. The number of carboxylic acid groups (broad SMARTS) is 1. The number of carboxylic acids is 1. The number of urea groups is 1. The quantitative estimate of drug-likeness (QED) is 0.724. The van der Waals surface area contributed by atoms with Crippen molar-refractivity contribution in [2.24, 2.45) is 0 Å². The number of carbonyl (C=O) groups is 2. The SMILES string of the molecule is CCCCC(NC(=O)NCc1ccccc1Cl)C(=O)O. The van der Waals surface area contributed by atoms with E-state index in [1.165, 1.54) is 0 Å². The second kappa shape index (κ2) is 8.43. The van der Waals surface area contributed by atoms with E-state index in [-0.39, 0.29) is 6.54 Å². The van der Waals surface area contributed by atoms with E-state index < -0.39 is 18.0 Å². The summed E-state index contributed by atoms with van der Waals surface area (Å²) in [5, 5.41) is 14.6. The molecule has 0 bridgehead atoms. The van der Waals surface area contributed by atoms with Crippen LogP contribution in [0.3, 0.4) is 0 Å². The van der Waals surface area contributed by atoms with E-state index in [4.69, 9.17) is 16.7 Å². The van der Waals surface area contributed by atoms with Crippen LogP contribution < -0.4 is 10.6 Å². The summed E-state index contributed by atoms with van der Waals surface area (Å²) in [5.74, 6) is -1.02. The van der Waals surface area contributed by atoms with Crippen LogP contribution in [0.15, 0.2) is 24.3 Å². The Balaban J connectivity index is 2.46. The van der Waals surface area contributed by atoms with Gasteiger partial charge in [-0.3, -0.25) is 0 Å². The van der Waals surface area contributed by atoms with E-state index in [2.05, 4.69) is 10.6 Å². The number of aliphatic carboxylic acids is 1. The van der Waals surface area contributed by atoms with E-state index in [0.29, 0.717) is 11.4 Å². The minimum Gasteiger partial charge on any atom is -0.480 e. The van der Waals surface area contributed by atoms with Crippen molar-refractivity contribution in [3.8, 4) is 0 Å². The molecule has 0 aliphatic carbocycles. The second-order valence-corrected chi connectivity index (χ2v) is 4.86. The molecule has 0 radical (unpaired) electrons. The summed E-state index contributed by atoms with van der Waals surface area (Å²) in [5.41, 5.74) is 0.782. The maximum absolute atomic E-state index is 11.7. The highest BCUT2D eigenvalue weighted by atomic mass is 35.5. The Kier molecular flexibility index (Phi) is 6.87. The van der Waals surface area contributed by atoms with E-state index in [0.717, 1.165) is 18.4 Å². The van der Waals surface area contributed by atoms with Gasteiger partial charge < -0.3 is 15.7 Å². The number of benzene rings is 1. The summed E-state index contributed by atoms with van der Waals surface area (Å²) in [6, 6.07) is 5.79. The monoisotopic (exact) mass is 298 g/mol. The van der Waals surface area contributed by atoms with Gasteiger partial charge in [-0.2, -0.15) is 0 Å². The first-order valence-electron chi connectivity index (χ1n) is 6.55. The zero-order valence-electron chi connectivity index (χ0n) is 11.4. The molecule has 1 rings (SSSR count). The van der Waals surface area contributed by atoms with Gasteiger partial charge in [-0.25, -0.2) is 9.59 Å². The Morgan fingerprint density at radius 2 is 2.05 bits per heavy atom. The van der Waals surface area contributed by atoms with Crippen molar-refractivity contribution in [3.63, 3.8) is 0 Å². The fourth-order valence-electron chi connectivity index (χ4n) is 1.69. The molecule has 0 aromatic heterocycles. The standard InChI is InChI=1S/C14H19ClN2O3/c1-2-3-8-12(13(18)19)17-14(20)16-9-10-6-4-5-7-11(10)15/h4-7,12H,2-3,8-9H2,1H3,(H,18,19)(H2,16,17,20). The number of nitrogens with one attached hydrogen (secondary N) is 2. The molecule has 0 saturated heterocycles. The van der Waals surface area contributed by atoms with Gasteiger partial charge in [-0.15, -0.1) is 0 Å². The smallest absolute Gasteiger partial charge is 0.326 e. The molecule has 6 heteroatoms. The molecule has 1 aromatic carbocycles. The van der Waals surface area contributed by atoms with E-state index in [1.54, 1.807) is 18.2 Å². The number of amides is 2. The molecule has 0 saturated carbocycles. The predicted octanol–water partition coefficient (Wildman–Crippen LogP) is 2.78. The highest BCUT2D eigenvalue weighted by Crippen LogP contribution is 2.14. The number of carbonyl (C=O) groups excluding carboxylic acids is 1. The van der Waals surface area contributed by atoms with Gasteiger partial charge in [0.05, 0.1) is 0 Å². The predicted molar refractivity (Wildman–Crippen MR) is 77.8 cm³/mol. The highest BCUT2D eigenvalue weighted by molar-refractivity contribution is 6.31. The Labute approximate surface area is 123 Å². The first-order valence-corrected chi connectivity index (χ1v) is 6.93. The fourth-order valence-corrected chi connectivity index (χ4v) is 1.89. The lowest BCUT2D eigenvalue weighted by atomic mass is 10.1. The van der Waals surface area contributed by atoms with Crippen LogP contribution in [-0.4, -0.2) is 23.1 Å². The van der Waals surface area contributed by atoms with Crippen LogP contribution in [0.4, 0.5) is 4.79 Å². The third kappa shape index (κ3) is 5.48. The van der Waals surface area contributed by atoms with Crippen LogP contribution in [0.25, 0.3) is 0 Å². The molecule has 0 heterocycles. The van der Waals surface area contributed by atoms with Gasteiger partial charge in [-0.1, -0.05) is 49.6 Å². The number of hydrogen-bond donors (Lipinski definition) is 3. The molecular formula is C14H19ClN2O3. The van der Waals surface area contributed by atoms with Crippen molar-refractivity contribution in [2.75, 3.05) is 0 Å². The van der Waals surface area contributed by atoms with Crippen molar-refractivity contribution < 1.29 is 14.7 Å². The molecule has 1 unspecified atom stereocenters. The number of unbranched alkanes of at least 4 members (excludes halogenated alkanes) is 1. The summed E-state index contributed by atoms with van der Waals surface area (Å²) in [7, 11) is 0. The lowest BCUT2D eigenvalue weighted by molar-refractivity contribution is -0.139. The van der Waals surface area contributed by atoms with Crippen molar-refractivity contribution in [3.05, 3.63) is 34.9 Å². The van der Waals surface area contributed by atoms with Crippen LogP contribution in [0, 0.1) is 0 Å². The van der Waals surface area contributed by atoms with E-state index >= 15 is 0 Å². The van der Waals surface area contributed by atoms with Gasteiger partial charge in [0.15, 0.2) is 0 Å². The molecule has 110 valence electrons. The van der Waals surface area contributed by atoms with Crippen LogP contribution in [0.5, 0.6) is 0 Å². The maximum Gasteiger partial charge on any atom is 0.326 e. The largest absolute Gasteiger partial charge is 0.480 e. The van der Waals surface area contributed by atoms with Crippen molar-refractivity contribution >= 4 is 23.6 Å². The average Bonchev–Trinajstić information content (AvgIpc) is 2.42. The van der Waals surface area contributed by atoms with Crippen molar-refractivity contribution in [2.45, 2.75) is 38.8 Å². The highest BCUT2D eigenvalue weighted by Gasteiger charge is 2.18. The van der Waals surface area contributed by atoms with Gasteiger partial charge in [0.2, 0.25) is 0 Å². The number of hydrogen-bond acceptors (Lipinski definition) is 2. The fraction of sp³-hybridized carbons (Fsp3) is 0.429. The number of rotatable bonds is 7. The van der Waals surface area contributed by atoms with Gasteiger partial charge in [0.1, 0.15) is 6.04 Å². The third-order valence-electron chi connectivity index (χ3n) is 2.85. The zero-order chi connectivity index (χ0) is 15.0. The normalized spacial score (nSPS) is 11.7. The minimum absolute atomic E-state index is 0.256. The van der Waals surface area contributed by atoms with Gasteiger partial charge in [-0.05, 0) is 18.1 Å². The molecule has 20 heavy (non-hydrogen) atoms. The molecule has 0 spiro atoms. The molecule has 0 aliphatic rings. The lowest BCUT2D eigenvalue weighted by Gasteiger charge is -2.15. The topological polar surface area (TPSA) is 78.4 Å². The molecule has 1 atom stereocenters. The van der Waals surface area contributed by atoms with Gasteiger partial charge >= 0.3 is 12.0 Å². The maximum atomic E-state index is 11.7. The Bertz CT molecular complexity index is 465. The second-order valence-electron chi connectivity index (χ2n) is 4.45. The molecule has 5 nitrogen and oxygen atoms in total. The van der Waals surface area contributed by atoms with E-state index in [9.17, 15) is 9.59 Å². The third-order valence-corrected chi connectivity index (χ3v) is 3.22. The molecular weight excluding hydrogens is 280 g/mol.